The van der Waals surface area contributed by atoms with Crippen molar-refractivity contribution in [2.75, 3.05) is 6.61 Å². The Bertz CT molecular complexity index is 984. The van der Waals surface area contributed by atoms with Crippen LogP contribution in [0.5, 0.6) is 5.75 Å². The molecule has 1 heterocycles. The summed E-state index contributed by atoms with van der Waals surface area (Å²) in [6.07, 6.45) is 1.81. The van der Waals surface area contributed by atoms with Crippen LogP contribution in [-0.4, -0.2) is 17.1 Å². The molecule has 0 atom stereocenters. The van der Waals surface area contributed by atoms with E-state index in [1.165, 1.54) is 22.5 Å². The molecule has 1 amide bonds. The first-order valence-electron chi connectivity index (χ1n) is 8.05. The van der Waals surface area contributed by atoms with Gasteiger partial charge < -0.3 is 9.30 Å². The maximum atomic E-state index is 12.2. The minimum absolute atomic E-state index is 0.0790. The highest BCUT2D eigenvalue weighted by molar-refractivity contribution is 7.16. The number of aryl methyl sites for hydroxylation is 2. The molecule has 0 spiro atoms. The Morgan fingerprint density at radius 3 is 2.76 bits per heavy atom. The Morgan fingerprint density at radius 1 is 1.28 bits per heavy atom. The summed E-state index contributed by atoms with van der Waals surface area (Å²) in [5.41, 5.74) is 3.47. The number of hydrogen-bond donors (Lipinski definition) is 0. The highest BCUT2D eigenvalue weighted by Crippen LogP contribution is 2.23. The summed E-state index contributed by atoms with van der Waals surface area (Å²) in [5, 5.41) is 0. The summed E-state index contributed by atoms with van der Waals surface area (Å²) < 4.78 is 8.64. The zero-order chi connectivity index (χ0) is 17.8. The van der Waals surface area contributed by atoms with Gasteiger partial charge in [0.15, 0.2) is 11.4 Å². The highest BCUT2D eigenvalue weighted by Gasteiger charge is 2.10. The molecule has 0 N–H and O–H groups in total. The molecular weight excluding hydrogens is 332 g/mol. The van der Waals surface area contributed by atoms with Crippen LogP contribution in [0.3, 0.4) is 0 Å². The number of carbonyl (C=O) groups is 1. The molecule has 128 valence electrons. The molecule has 1 aromatic heterocycles. The molecule has 0 aliphatic heterocycles. The van der Waals surface area contributed by atoms with E-state index in [0.29, 0.717) is 17.1 Å². The minimum atomic E-state index is -0.303. The van der Waals surface area contributed by atoms with Crippen LogP contribution in [0.2, 0.25) is 0 Å². The number of nitrogens with zero attached hydrogens (tertiary/aromatic N) is 2. The van der Waals surface area contributed by atoms with Crippen LogP contribution >= 0.6 is 11.3 Å². The third kappa shape index (κ3) is 3.88. The number of para-hydroxylation sites is 1. The first kappa shape index (κ1) is 17.2. The highest BCUT2D eigenvalue weighted by atomic mass is 32.1. The molecule has 0 saturated heterocycles. The molecule has 0 aliphatic rings. The van der Waals surface area contributed by atoms with Gasteiger partial charge in [-0.05, 0) is 43.2 Å². The zero-order valence-electron chi connectivity index (χ0n) is 14.4. The molecule has 25 heavy (non-hydrogen) atoms. The fourth-order valence-electron chi connectivity index (χ4n) is 2.78. The van der Waals surface area contributed by atoms with E-state index in [1.807, 2.05) is 41.0 Å². The van der Waals surface area contributed by atoms with Crippen molar-refractivity contribution in [1.29, 1.82) is 0 Å². The van der Waals surface area contributed by atoms with Crippen molar-refractivity contribution in [3.63, 3.8) is 0 Å². The average molecular weight is 352 g/mol. The number of ether oxygens (including phenoxy) is 1. The molecule has 0 aliphatic carbocycles. The molecular formula is C20H20N2O2S. The van der Waals surface area contributed by atoms with Crippen LogP contribution in [0.15, 0.2) is 60.1 Å². The summed E-state index contributed by atoms with van der Waals surface area (Å²) >= 11 is 1.51. The summed E-state index contributed by atoms with van der Waals surface area (Å²) in [4.78, 5) is 17.2. The van der Waals surface area contributed by atoms with Crippen molar-refractivity contribution in [3.05, 3.63) is 71.0 Å². The van der Waals surface area contributed by atoms with Gasteiger partial charge in [-0.25, -0.2) is 0 Å². The second-order valence-electron chi connectivity index (χ2n) is 5.82. The fourth-order valence-corrected chi connectivity index (χ4v) is 4.01. The predicted molar refractivity (Wildman–Crippen MR) is 102 cm³/mol. The molecule has 5 heteroatoms. The average Bonchev–Trinajstić information content (AvgIpc) is 2.91. The van der Waals surface area contributed by atoms with Gasteiger partial charge in [0.1, 0.15) is 5.75 Å². The van der Waals surface area contributed by atoms with Gasteiger partial charge in [0, 0.05) is 6.54 Å². The summed E-state index contributed by atoms with van der Waals surface area (Å²) in [5.74, 6) is 0.357. The molecule has 4 nitrogen and oxygen atoms in total. The first-order chi connectivity index (χ1) is 12.1. The number of benzene rings is 2. The van der Waals surface area contributed by atoms with Crippen molar-refractivity contribution >= 4 is 27.5 Å². The van der Waals surface area contributed by atoms with Crippen LogP contribution in [-0.2, 0) is 11.3 Å². The maximum Gasteiger partial charge on any atom is 0.286 e. The third-order valence-electron chi connectivity index (χ3n) is 3.75. The quantitative estimate of drug-likeness (QED) is 0.651. The van der Waals surface area contributed by atoms with E-state index in [2.05, 4.69) is 37.6 Å². The van der Waals surface area contributed by atoms with Crippen LogP contribution in [0.25, 0.3) is 10.2 Å². The molecule has 0 bridgehead atoms. The van der Waals surface area contributed by atoms with E-state index in [0.717, 1.165) is 10.2 Å². The zero-order valence-corrected chi connectivity index (χ0v) is 15.2. The molecule has 3 aromatic rings. The van der Waals surface area contributed by atoms with Gasteiger partial charge in [-0.3, -0.25) is 4.79 Å². The Kier molecular flexibility index (Phi) is 5.14. The largest absolute Gasteiger partial charge is 0.484 e. The van der Waals surface area contributed by atoms with E-state index >= 15 is 0 Å². The summed E-state index contributed by atoms with van der Waals surface area (Å²) in [6.45, 7) is 8.49. The van der Waals surface area contributed by atoms with Crippen molar-refractivity contribution in [2.45, 2.75) is 20.4 Å². The number of aromatic nitrogens is 1. The second kappa shape index (κ2) is 7.49. The van der Waals surface area contributed by atoms with Crippen molar-refractivity contribution in [2.24, 2.45) is 4.99 Å². The number of thiazole rings is 1. The van der Waals surface area contributed by atoms with Gasteiger partial charge in [-0.2, -0.15) is 4.99 Å². The number of amides is 1. The Hall–Kier alpha value is -2.66. The normalized spacial score (nSPS) is 11.7. The number of carbonyl (C=O) groups excluding carboxylic acids is 1. The van der Waals surface area contributed by atoms with Crippen molar-refractivity contribution in [3.8, 4) is 5.75 Å². The van der Waals surface area contributed by atoms with Gasteiger partial charge in [-0.15, -0.1) is 6.58 Å². The molecule has 2 aromatic carbocycles. The molecule has 0 radical (unpaired) electrons. The van der Waals surface area contributed by atoms with E-state index < -0.39 is 0 Å². The maximum absolute atomic E-state index is 12.2. The van der Waals surface area contributed by atoms with E-state index in [9.17, 15) is 4.79 Å². The molecule has 3 rings (SSSR count). The third-order valence-corrected chi connectivity index (χ3v) is 4.77. The molecule has 0 unspecified atom stereocenters. The number of fused-ring (bicyclic) bond motifs is 1. The van der Waals surface area contributed by atoms with Gasteiger partial charge in [-0.1, -0.05) is 41.7 Å². The van der Waals surface area contributed by atoms with E-state index in [1.54, 1.807) is 0 Å². The number of rotatable bonds is 5. The fraction of sp³-hybridized carbons (Fsp3) is 0.200. The lowest BCUT2D eigenvalue weighted by molar-refractivity contribution is -0.120. The van der Waals surface area contributed by atoms with Crippen molar-refractivity contribution < 1.29 is 9.53 Å². The lowest BCUT2D eigenvalue weighted by Crippen LogP contribution is -2.19. The van der Waals surface area contributed by atoms with Crippen molar-refractivity contribution in [1.82, 2.24) is 4.57 Å². The molecule has 0 fully saturated rings. The van der Waals surface area contributed by atoms with Crippen LogP contribution in [0.1, 0.15) is 11.1 Å². The van der Waals surface area contributed by atoms with Crippen LogP contribution in [0.4, 0.5) is 0 Å². The van der Waals surface area contributed by atoms with Gasteiger partial charge in [0.05, 0.1) is 10.2 Å². The Balaban J connectivity index is 1.94. The smallest absolute Gasteiger partial charge is 0.286 e. The number of allylic oxidation sites excluding steroid dienone is 1. The SMILES string of the molecule is C=CCn1c(=NC(=O)COc2ccccc2)sc2cc(C)cc(C)c21. The Labute approximate surface area is 150 Å². The lowest BCUT2D eigenvalue weighted by atomic mass is 10.1. The summed E-state index contributed by atoms with van der Waals surface area (Å²) in [7, 11) is 0. The predicted octanol–water partition coefficient (Wildman–Crippen LogP) is 4.01. The van der Waals surface area contributed by atoms with Crippen LogP contribution < -0.4 is 9.54 Å². The van der Waals surface area contributed by atoms with Gasteiger partial charge >= 0.3 is 0 Å². The monoisotopic (exact) mass is 352 g/mol. The van der Waals surface area contributed by atoms with Gasteiger partial charge in [0.2, 0.25) is 0 Å². The standard InChI is InChI=1S/C20H20N2O2S/c1-4-10-22-19-15(3)11-14(2)12-17(19)25-20(22)21-18(23)13-24-16-8-6-5-7-9-16/h4-9,11-12H,1,10,13H2,2-3H3. The van der Waals surface area contributed by atoms with Gasteiger partial charge in [0.25, 0.3) is 5.91 Å². The Morgan fingerprint density at radius 2 is 2.04 bits per heavy atom. The minimum Gasteiger partial charge on any atom is -0.484 e. The lowest BCUT2D eigenvalue weighted by Gasteiger charge is -2.05. The van der Waals surface area contributed by atoms with Crippen LogP contribution in [0, 0.1) is 13.8 Å². The summed E-state index contributed by atoms with van der Waals surface area (Å²) in [6, 6.07) is 13.5. The second-order valence-corrected chi connectivity index (χ2v) is 6.83. The first-order valence-corrected chi connectivity index (χ1v) is 8.87. The van der Waals surface area contributed by atoms with E-state index in [4.69, 9.17) is 4.74 Å². The topological polar surface area (TPSA) is 43.6 Å². The van der Waals surface area contributed by atoms with E-state index in [-0.39, 0.29) is 12.5 Å². The molecule has 0 saturated carbocycles. The number of hydrogen-bond acceptors (Lipinski definition) is 3.